The van der Waals surface area contributed by atoms with Crippen molar-refractivity contribution in [1.29, 1.82) is 0 Å². The molecule has 3 aromatic heterocycles. The van der Waals surface area contributed by atoms with Crippen LogP contribution in [0.1, 0.15) is 18.1 Å². The summed E-state index contributed by atoms with van der Waals surface area (Å²) in [5.41, 5.74) is 6.57. The van der Waals surface area contributed by atoms with Crippen LogP contribution in [0.5, 0.6) is 0 Å². The predicted octanol–water partition coefficient (Wildman–Crippen LogP) is 3.16. The number of nitrogens with one attached hydrogen (secondary N) is 2. The molecule has 0 atom stereocenters. The number of amides is 1. The summed E-state index contributed by atoms with van der Waals surface area (Å²) in [5.74, 6) is 0.832. The third kappa shape index (κ3) is 4.20. The average molecular weight is 484 g/mol. The summed E-state index contributed by atoms with van der Waals surface area (Å²) in [6.45, 7) is 9.64. The van der Waals surface area contributed by atoms with Crippen LogP contribution in [0.2, 0.25) is 0 Å². The molecule has 0 saturated carbocycles. The Bertz CT molecular complexity index is 1330. The van der Waals surface area contributed by atoms with Gasteiger partial charge < -0.3 is 20.3 Å². The van der Waals surface area contributed by atoms with Gasteiger partial charge in [-0.25, -0.2) is 4.98 Å². The highest BCUT2D eigenvalue weighted by Crippen LogP contribution is 2.36. The zero-order valence-corrected chi connectivity index (χ0v) is 20.5. The molecule has 0 radical (unpaired) electrons. The minimum atomic E-state index is -0.142. The number of hydrogen-bond donors (Lipinski definition) is 2. The van der Waals surface area contributed by atoms with E-state index in [9.17, 15) is 4.79 Å². The molecule has 184 valence electrons. The topological polar surface area (TPSA) is 95.5 Å². The summed E-state index contributed by atoms with van der Waals surface area (Å²) in [4.78, 5) is 31.2. The lowest BCUT2D eigenvalue weighted by Crippen LogP contribution is -2.56. The smallest absolute Gasteiger partial charge is 0.258 e. The molecule has 9 nitrogen and oxygen atoms in total. The number of rotatable bonds is 5. The summed E-state index contributed by atoms with van der Waals surface area (Å²) in [7, 11) is 0. The maximum Gasteiger partial charge on any atom is 0.258 e. The van der Waals surface area contributed by atoms with Gasteiger partial charge in [-0.05, 0) is 43.7 Å². The first-order chi connectivity index (χ1) is 17.6. The molecular weight excluding hydrogens is 454 g/mol. The number of fused-ring (bicyclic) bond motifs is 1. The highest BCUT2D eigenvalue weighted by Gasteiger charge is 2.30. The van der Waals surface area contributed by atoms with Crippen LogP contribution in [-0.4, -0.2) is 71.2 Å². The van der Waals surface area contributed by atoms with E-state index < -0.39 is 0 Å². The molecule has 6 heterocycles. The van der Waals surface area contributed by atoms with Gasteiger partial charge in [-0.15, -0.1) is 0 Å². The van der Waals surface area contributed by atoms with Gasteiger partial charge in [0, 0.05) is 55.4 Å². The minimum absolute atomic E-state index is 0.142. The molecule has 2 N–H and O–H groups in total. The van der Waals surface area contributed by atoms with Crippen molar-refractivity contribution < 1.29 is 9.53 Å². The van der Waals surface area contributed by atoms with Crippen LogP contribution in [0.4, 0.5) is 17.2 Å². The quantitative estimate of drug-likeness (QED) is 0.535. The Morgan fingerprint density at radius 3 is 2.58 bits per heavy atom. The maximum absolute atomic E-state index is 12.9. The van der Waals surface area contributed by atoms with Crippen LogP contribution in [0.25, 0.3) is 16.8 Å². The summed E-state index contributed by atoms with van der Waals surface area (Å²) in [6.07, 6.45) is 7.11. The summed E-state index contributed by atoms with van der Waals surface area (Å²) >= 11 is 0. The van der Waals surface area contributed by atoms with Crippen molar-refractivity contribution in [3.63, 3.8) is 0 Å². The van der Waals surface area contributed by atoms with Crippen LogP contribution in [0.3, 0.4) is 0 Å². The number of anilines is 3. The van der Waals surface area contributed by atoms with Gasteiger partial charge in [0.25, 0.3) is 5.91 Å². The van der Waals surface area contributed by atoms with Gasteiger partial charge >= 0.3 is 0 Å². The number of piperazine rings is 1. The molecule has 36 heavy (non-hydrogen) atoms. The summed E-state index contributed by atoms with van der Waals surface area (Å²) in [6, 6.07) is 8.55. The molecule has 0 bridgehead atoms. The number of allylic oxidation sites excluding steroid dienone is 1. The molecule has 9 heteroatoms. The molecule has 0 aliphatic carbocycles. The van der Waals surface area contributed by atoms with E-state index in [1.807, 2.05) is 44.3 Å². The number of ether oxygens (including phenoxy) is 1. The lowest BCUT2D eigenvalue weighted by Gasteiger charge is -2.42. The number of carbonyl (C=O) groups is 1. The van der Waals surface area contributed by atoms with Gasteiger partial charge in [0.05, 0.1) is 54.3 Å². The second-order valence-electron chi connectivity index (χ2n) is 9.50. The first-order valence-corrected chi connectivity index (χ1v) is 12.3. The molecule has 0 unspecified atom stereocenters. The molecule has 1 amide bonds. The van der Waals surface area contributed by atoms with E-state index in [4.69, 9.17) is 9.72 Å². The van der Waals surface area contributed by atoms with Crippen molar-refractivity contribution >= 4 is 28.7 Å². The molecule has 3 aromatic rings. The number of aromatic nitrogens is 3. The molecule has 3 aliphatic heterocycles. The number of hydrogen-bond acceptors (Lipinski definition) is 8. The van der Waals surface area contributed by atoms with Crippen molar-refractivity contribution in [1.82, 2.24) is 19.9 Å². The third-order valence-corrected chi connectivity index (χ3v) is 7.19. The molecule has 0 aromatic carbocycles. The van der Waals surface area contributed by atoms with Crippen LogP contribution in [0.15, 0.2) is 54.7 Å². The van der Waals surface area contributed by atoms with Gasteiger partial charge in [-0.1, -0.05) is 0 Å². The van der Waals surface area contributed by atoms with E-state index in [-0.39, 0.29) is 5.91 Å². The highest BCUT2D eigenvalue weighted by atomic mass is 16.5. The van der Waals surface area contributed by atoms with E-state index in [0.29, 0.717) is 17.3 Å². The zero-order chi connectivity index (χ0) is 24.6. The Balaban J connectivity index is 1.19. The Hall–Kier alpha value is -3.82. The first-order valence-electron chi connectivity index (χ1n) is 12.3. The van der Waals surface area contributed by atoms with Gasteiger partial charge in [-0.2, -0.15) is 0 Å². The van der Waals surface area contributed by atoms with Crippen molar-refractivity contribution in [3.8, 4) is 11.3 Å². The molecular formula is C27H29N7O2. The monoisotopic (exact) mass is 483 g/mol. The summed E-state index contributed by atoms with van der Waals surface area (Å²) in [5, 5.41) is 6.31. The lowest BCUT2D eigenvalue weighted by atomic mass is 10.0. The Morgan fingerprint density at radius 1 is 1.06 bits per heavy atom. The lowest BCUT2D eigenvalue weighted by molar-refractivity contribution is -0.110. The van der Waals surface area contributed by atoms with Gasteiger partial charge in [0.1, 0.15) is 5.82 Å². The van der Waals surface area contributed by atoms with E-state index in [1.165, 1.54) is 0 Å². The van der Waals surface area contributed by atoms with Gasteiger partial charge in [0.15, 0.2) is 0 Å². The van der Waals surface area contributed by atoms with Gasteiger partial charge in [-0.3, -0.25) is 19.7 Å². The number of carbonyl (C=O) groups excluding carboxylic acids is 1. The van der Waals surface area contributed by atoms with E-state index in [2.05, 4.69) is 30.4 Å². The predicted molar refractivity (Wildman–Crippen MR) is 140 cm³/mol. The molecule has 2 fully saturated rings. The zero-order valence-electron chi connectivity index (χ0n) is 20.5. The SMILES string of the molecule is C/C(Nc1ccc(N2CCN(C3COC3)CC2)nc1)=C1/C(=O)Nc2cnc(-c3cnccc3C)cc21. The molecule has 3 aliphatic rings. The molecule has 0 spiro atoms. The van der Waals surface area contributed by atoms with E-state index in [1.54, 1.807) is 18.6 Å². The molecule has 6 rings (SSSR count). The Morgan fingerprint density at radius 2 is 1.89 bits per heavy atom. The van der Waals surface area contributed by atoms with E-state index in [0.717, 1.165) is 79.0 Å². The van der Waals surface area contributed by atoms with Crippen LogP contribution < -0.4 is 15.5 Å². The van der Waals surface area contributed by atoms with Crippen molar-refractivity contribution in [2.75, 3.05) is 54.9 Å². The normalized spacial score (nSPS) is 19.5. The van der Waals surface area contributed by atoms with Crippen LogP contribution in [-0.2, 0) is 9.53 Å². The maximum atomic E-state index is 12.9. The Kier molecular flexibility index (Phi) is 5.86. The average Bonchev–Trinajstić information content (AvgIpc) is 3.19. The highest BCUT2D eigenvalue weighted by molar-refractivity contribution is 6.32. The first kappa shape index (κ1) is 22.6. The van der Waals surface area contributed by atoms with Crippen LogP contribution in [0, 0.1) is 6.92 Å². The van der Waals surface area contributed by atoms with Gasteiger partial charge in [0.2, 0.25) is 0 Å². The standard InChI is InChI=1S/C27H29N7O2/c1-17-5-6-28-13-22(17)23-11-21-24(14-29-23)32-27(35)26(21)18(2)31-19-3-4-25(30-12-19)34-9-7-33(8-10-34)20-15-36-16-20/h3-6,11-14,20,31H,7-10,15-16H2,1-2H3,(H,32,35)/b26-18-. The minimum Gasteiger partial charge on any atom is -0.378 e. The second-order valence-corrected chi connectivity index (χ2v) is 9.50. The number of nitrogens with zero attached hydrogens (tertiary/aromatic N) is 5. The number of pyridine rings is 3. The number of aryl methyl sites for hydroxylation is 1. The fourth-order valence-corrected chi connectivity index (χ4v) is 5.00. The van der Waals surface area contributed by atoms with Crippen LogP contribution >= 0.6 is 0 Å². The summed E-state index contributed by atoms with van der Waals surface area (Å²) < 4.78 is 5.33. The Labute approximate surface area is 210 Å². The largest absolute Gasteiger partial charge is 0.378 e. The second kappa shape index (κ2) is 9.33. The third-order valence-electron chi connectivity index (χ3n) is 7.19. The van der Waals surface area contributed by atoms with Crippen molar-refractivity contribution in [2.45, 2.75) is 19.9 Å². The fourth-order valence-electron chi connectivity index (χ4n) is 5.00. The van der Waals surface area contributed by atoms with E-state index >= 15 is 0 Å². The molecule has 2 saturated heterocycles. The van der Waals surface area contributed by atoms with Crippen molar-refractivity contribution in [3.05, 3.63) is 65.9 Å². The van der Waals surface area contributed by atoms with Crippen molar-refractivity contribution in [2.24, 2.45) is 0 Å². The fraction of sp³-hybridized carbons (Fsp3) is 0.333.